The van der Waals surface area contributed by atoms with Gasteiger partial charge in [-0.05, 0) is 62.8 Å². The van der Waals surface area contributed by atoms with Gasteiger partial charge in [0, 0.05) is 25.7 Å². The van der Waals surface area contributed by atoms with E-state index in [0.717, 1.165) is 29.7 Å². The molecule has 1 aromatic rings. The Morgan fingerprint density at radius 1 is 1.16 bits per heavy atom. The zero-order chi connectivity index (χ0) is 17.8. The van der Waals surface area contributed by atoms with Crippen LogP contribution in [0.5, 0.6) is 5.75 Å². The molecule has 4 rings (SSSR count). The molecule has 1 aliphatic heterocycles. The van der Waals surface area contributed by atoms with Crippen LogP contribution in [0.2, 0.25) is 0 Å². The number of nitrogens with zero attached hydrogens (tertiary/aromatic N) is 2. The van der Waals surface area contributed by atoms with E-state index in [1.165, 1.54) is 0 Å². The maximum absolute atomic E-state index is 12.6. The minimum Gasteiger partial charge on any atom is -0.484 e. The highest BCUT2D eigenvalue weighted by Crippen LogP contribution is 2.76. The molecule has 1 atom stereocenters. The Bertz CT molecular complexity index is 703. The number of fused-ring (bicyclic) bond motifs is 1. The number of hydrogen-bond acceptors (Lipinski definition) is 3. The third-order valence-electron chi connectivity index (χ3n) is 5.91. The van der Waals surface area contributed by atoms with Gasteiger partial charge in [-0.3, -0.25) is 9.59 Å². The molecule has 1 aromatic carbocycles. The standard InChI is InChI=1S/C20H26N2O3/c1-13-6-14(2)8-17(7-13)25-12-18(23)21-4-5-22(15(3)11-21)19(24)20-9-16(20)10-20/h6-8,15-16H,4-5,9-12H2,1-3H3/t15-,16?,20?/m1/s1. The molecule has 25 heavy (non-hydrogen) atoms. The van der Waals surface area contributed by atoms with Crippen LogP contribution in [0, 0.1) is 25.2 Å². The Balaban J connectivity index is 1.30. The molecule has 5 heteroatoms. The van der Waals surface area contributed by atoms with Gasteiger partial charge in [0.25, 0.3) is 5.91 Å². The summed E-state index contributed by atoms with van der Waals surface area (Å²) < 4.78 is 5.69. The van der Waals surface area contributed by atoms with Crippen LogP contribution >= 0.6 is 0 Å². The molecule has 0 N–H and O–H groups in total. The average Bonchev–Trinajstić information content (AvgIpc) is 3.41. The summed E-state index contributed by atoms with van der Waals surface area (Å²) in [7, 11) is 0. The lowest BCUT2D eigenvalue weighted by atomic mass is 10.1. The molecule has 0 bridgehead atoms. The molecule has 3 fully saturated rings. The fraction of sp³-hybridized carbons (Fsp3) is 0.600. The van der Waals surface area contributed by atoms with Crippen molar-refractivity contribution in [2.24, 2.45) is 11.3 Å². The molecule has 2 saturated carbocycles. The Kier molecular flexibility index (Phi) is 3.78. The van der Waals surface area contributed by atoms with Crippen LogP contribution in [-0.2, 0) is 9.59 Å². The van der Waals surface area contributed by atoms with Gasteiger partial charge in [0.05, 0.1) is 5.41 Å². The maximum atomic E-state index is 12.6. The molecule has 2 amide bonds. The normalized spacial score (nSPS) is 29.9. The highest BCUT2D eigenvalue weighted by Gasteiger charge is 2.75. The van der Waals surface area contributed by atoms with Gasteiger partial charge >= 0.3 is 0 Å². The first-order valence-electron chi connectivity index (χ1n) is 9.19. The van der Waals surface area contributed by atoms with Gasteiger partial charge in [0.15, 0.2) is 6.61 Å². The lowest BCUT2D eigenvalue weighted by Gasteiger charge is -2.40. The van der Waals surface area contributed by atoms with Crippen LogP contribution in [0.1, 0.15) is 30.9 Å². The van der Waals surface area contributed by atoms with E-state index in [1.807, 2.05) is 42.7 Å². The lowest BCUT2D eigenvalue weighted by Crippen LogP contribution is -2.57. The summed E-state index contributed by atoms with van der Waals surface area (Å²) in [5.41, 5.74) is 2.27. The van der Waals surface area contributed by atoms with Crippen LogP contribution in [-0.4, -0.2) is 53.9 Å². The largest absolute Gasteiger partial charge is 0.484 e. The minimum absolute atomic E-state index is 0.00741. The van der Waals surface area contributed by atoms with Gasteiger partial charge in [0.2, 0.25) is 5.91 Å². The van der Waals surface area contributed by atoms with Gasteiger partial charge in [-0.25, -0.2) is 0 Å². The summed E-state index contributed by atoms with van der Waals surface area (Å²) in [6.07, 6.45) is 2.17. The van der Waals surface area contributed by atoms with E-state index in [0.29, 0.717) is 31.5 Å². The van der Waals surface area contributed by atoms with Crippen LogP contribution in [0.4, 0.5) is 0 Å². The zero-order valence-corrected chi connectivity index (χ0v) is 15.2. The zero-order valence-electron chi connectivity index (χ0n) is 15.2. The topological polar surface area (TPSA) is 49.9 Å². The molecule has 0 radical (unpaired) electrons. The van der Waals surface area contributed by atoms with E-state index >= 15 is 0 Å². The second kappa shape index (κ2) is 5.75. The van der Waals surface area contributed by atoms with E-state index < -0.39 is 0 Å². The lowest BCUT2D eigenvalue weighted by molar-refractivity contribution is -0.145. The molecular weight excluding hydrogens is 316 g/mol. The smallest absolute Gasteiger partial charge is 0.260 e. The fourth-order valence-corrected chi connectivity index (χ4v) is 4.08. The number of benzene rings is 1. The second-order valence-corrected chi connectivity index (χ2v) is 8.06. The van der Waals surface area contributed by atoms with Crippen molar-refractivity contribution in [2.75, 3.05) is 26.2 Å². The molecule has 1 saturated heterocycles. The summed E-state index contributed by atoms with van der Waals surface area (Å²) in [5, 5.41) is 0. The third-order valence-corrected chi connectivity index (χ3v) is 5.91. The average molecular weight is 342 g/mol. The van der Waals surface area contributed by atoms with Crippen molar-refractivity contribution in [3.8, 4) is 5.75 Å². The van der Waals surface area contributed by atoms with Crippen LogP contribution in [0.3, 0.4) is 0 Å². The number of ether oxygens (including phenoxy) is 1. The molecule has 0 unspecified atom stereocenters. The molecule has 0 aromatic heterocycles. The highest BCUT2D eigenvalue weighted by atomic mass is 16.5. The van der Waals surface area contributed by atoms with Gasteiger partial charge in [-0.1, -0.05) is 6.07 Å². The predicted molar refractivity (Wildman–Crippen MR) is 94.3 cm³/mol. The van der Waals surface area contributed by atoms with E-state index in [2.05, 4.69) is 6.07 Å². The number of hydrogen-bond donors (Lipinski definition) is 0. The van der Waals surface area contributed by atoms with Gasteiger partial charge in [-0.2, -0.15) is 0 Å². The summed E-state index contributed by atoms with van der Waals surface area (Å²) in [6, 6.07) is 6.06. The van der Waals surface area contributed by atoms with Crippen LogP contribution in [0.25, 0.3) is 0 Å². The first-order valence-corrected chi connectivity index (χ1v) is 9.19. The molecule has 134 valence electrons. The Hall–Kier alpha value is -2.04. The fourth-order valence-electron chi connectivity index (χ4n) is 4.08. The number of aryl methyl sites for hydroxylation is 2. The summed E-state index contributed by atoms with van der Waals surface area (Å²) >= 11 is 0. The highest BCUT2D eigenvalue weighted by molar-refractivity contribution is 5.90. The molecule has 5 nitrogen and oxygen atoms in total. The van der Waals surface area contributed by atoms with Gasteiger partial charge < -0.3 is 14.5 Å². The van der Waals surface area contributed by atoms with Crippen LogP contribution in [0.15, 0.2) is 18.2 Å². The summed E-state index contributed by atoms with van der Waals surface area (Å²) in [4.78, 5) is 28.9. The van der Waals surface area contributed by atoms with Crippen molar-refractivity contribution in [2.45, 2.75) is 39.7 Å². The Labute approximate surface area is 148 Å². The van der Waals surface area contributed by atoms with Crippen LogP contribution < -0.4 is 4.74 Å². The first kappa shape index (κ1) is 16.4. The summed E-state index contributed by atoms with van der Waals surface area (Å²) in [6.45, 7) is 7.97. The number of carbonyl (C=O) groups excluding carboxylic acids is 2. The van der Waals surface area contributed by atoms with Crippen molar-refractivity contribution in [3.05, 3.63) is 29.3 Å². The molecule has 3 aliphatic rings. The molecular formula is C20H26N2O3. The number of carbonyl (C=O) groups is 2. The first-order chi connectivity index (χ1) is 11.9. The predicted octanol–water partition coefficient (Wildman–Crippen LogP) is 2.15. The molecule has 2 aliphatic carbocycles. The third kappa shape index (κ3) is 3.00. The quantitative estimate of drug-likeness (QED) is 0.842. The van der Waals surface area contributed by atoms with E-state index in [1.54, 1.807) is 0 Å². The van der Waals surface area contributed by atoms with Crippen molar-refractivity contribution in [1.82, 2.24) is 9.80 Å². The number of rotatable bonds is 4. The maximum Gasteiger partial charge on any atom is 0.260 e. The van der Waals surface area contributed by atoms with Gasteiger partial charge in [0.1, 0.15) is 5.75 Å². The summed E-state index contributed by atoms with van der Waals surface area (Å²) in [5.74, 6) is 1.72. The van der Waals surface area contributed by atoms with Crippen molar-refractivity contribution in [3.63, 3.8) is 0 Å². The van der Waals surface area contributed by atoms with Gasteiger partial charge in [-0.15, -0.1) is 0 Å². The monoisotopic (exact) mass is 342 g/mol. The second-order valence-electron chi connectivity index (χ2n) is 8.06. The number of piperazine rings is 1. The van der Waals surface area contributed by atoms with Crippen molar-refractivity contribution < 1.29 is 14.3 Å². The Morgan fingerprint density at radius 3 is 2.36 bits per heavy atom. The molecule has 1 heterocycles. The van der Waals surface area contributed by atoms with E-state index in [4.69, 9.17) is 4.74 Å². The SMILES string of the molecule is Cc1cc(C)cc(OCC(=O)N2CCN(C(=O)C34CC3C4)[C@H](C)C2)c1. The van der Waals surface area contributed by atoms with E-state index in [-0.39, 0.29) is 24.0 Å². The van der Waals surface area contributed by atoms with E-state index in [9.17, 15) is 9.59 Å². The van der Waals surface area contributed by atoms with Crippen molar-refractivity contribution in [1.29, 1.82) is 0 Å². The minimum atomic E-state index is -0.00741. The number of amides is 2. The van der Waals surface area contributed by atoms with Crippen molar-refractivity contribution >= 4 is 11.8 Å². The molecule has 0 spiro atoms. The Morgan fingerprint density at radius 2 is 1.80 bits per heavy atom.